The number of anilines is 1. The van der Waals surface area contributed by atoms with Gasteiger partial charge in [0.05, 0.1) is 16.8 Å². The van der Waals surface area contributed by atoms with Crippen molar-refractivity contribution in [3.05, 3.63) is 58.1 Å². The Bertz CT molecular complexity index is 1210. The SMILES string of the molecule is CCCCSc1cc(C(=O)O[C@@H]2CC[C@@H]3CC(C)CCC3C2)c(N)c2c1C(=O)c1ccccc1C2=O. The van der Waals surface area contributed by atoms with E-state index in [-0.39, 0.29) is 34.5 Å². The molecule has 2 aromatic carbocycles. The molecule has 0 radical (unpaired) electrons. The van der Waals surface area contributed by atoms with Crippen molar-refractivity contribution in [1.82, 2.24) is 0 Å². The number of carbonyl (C=O) groups is 3. The Morgan fingerprint density at radius 3 is 2.39 bits per heavy atom. The van der Waals surface area contributed by atoms with Gasteiger partial charge in [-0.25, -0.2) is 4.79 Å². The highest BCUT2D eigenvalue weighted by Crippen LogP contribution is 2.44. The third-order valence-electron chi connectivity index (χ3n) is 8.28. The summed E-state index contributed by atoms with van der Waals surface area (Å²) in [5.74, 6) is 1.92. The van der Waals surface area contributed by atoms with Gasteiger partial charge in [-0.05, 0) is 68.1 Å². The topological polar surface area (TPSA) is 86.5 Å². The van der Waals surface area contributed by atoms with E-state index in [2.05, 4.69) is 13.8 Å². The van der Waals surface area contributed by atoms with Gasteiger partial charge in [-0.15, -0.1) is 11.8 Å². The first-order valence-corrected chi connectivity index (χ1v) is 14.4. The smallest absolute Gasteiger partial charge is 0.340 e. The molecule has 3 aliphatic carbocycles. The molecule has 5 nitrogen and oxygen atoms in total. The van der Waals surface area contributed by atoms with Gasteiger partial charge >= 0.3 is 5.97 Å². The van der Waals surface area contributed by atoms with Crippen molar-refractivity contribution in [3.8, 4) is 0 Å². The summed E-state index contributed by atoms with van der Waals surface area (Å²) in [6, 6.07) is 8.51. The molecule has 0 heterocycles. The molecule has 36 heavy (non-hydrogen) atoms. The molecule has 2 unspecified atom stereocenters. The average molecular weight is 506 g/mol. The summed E-state index contributed by atoms with van der Waals surface area (Å²) in [6.07, 6.45) is 8.43. The number of ether oxygens (including phenoxy) is 1. The maximum Gasteiger partial charge on any atom is 0.340 e. The van der Waals surface area contributed by atoms with Crippen LogP contribution in [0.3, 0.4) is 0 Å². The van der Waals surface area contributed by atoms with Crippen LogP contribution in [0.2, 0.25) is 0 Å². The standard InChI is InChI=1S/C30H35NO4S/c1-3-4-13-36-24-16-23(30(34)35-20-12-11-18-14-17(2)9-10-19(18)15-20)27(31)26-25(24)28(32)21-7-5-6-8-22(21)29(26)33/h5-8,16-20H,3-4,9-15,31H2,1-2H3/t17?,18-,19?,20-/m1/s1. The molecule has 0 aliphatic heterocycles. The van der Waals surface area contributed by atoms with Gasteiger partial charge in [0.25, 0.3) is 0 Å². The Balaban J connectivity index is 1.46. The molecule has 2 saturated carbocycles. The number of hydrogen-bond donors (Lipinski definition) is 1. The lowest BCUT2D eigenvalue weighted by molar-refractivity contribution is -0.00485. The summed E-state index contributed by atoms with van der Waals surface area (Å²) < 4.78 is 6.01. The molecule has 2 aromatic rings. The molecule has 2 fully saturated rings. The van der Waals surface area contributed by atoms with Crippen LogP contribution in [0.25, 0.3) is 0 Å². The first-order chi connectivity index (χ1) is 17.4. The molecule has 6 heteroatoms. The normalized spacial score (nSPS) is 25.1. The third-order valence-corrected chi connectivity index (χ3v) is 9.40. The van der Waals surface area contributed by atoms with E-state index in [9.17, 15) is 14.4 Å². The van der Waals surface area contributed by atoms with Crippen LogP contribution in [0.5, 0.6) is 0 Å². The summed E-state index contributed by atoms with van der Waals surface area (Å²) >= 11 is 1.51. The van der Waals surface area contributed by atoms with E-state index >= 15 is 0 Å². The van der Waals surface area contributed by atoms with Crippen LogP contribution in [0.1, 0.15) is 107 Å². The Labute approximate surface area is 217 Å². The highest BCUT2D eigenvalue weighted by molar-refractivity contribution is 7.99. The van der Waals surface area contributed by atoms with Crippen molar-refractivity contribution >= 4 is 35.0 Å². The van der Waals surface area contributed by atoms with Gasteiger partial charge in [0.2, 0.25) is 0 Å². The summed E-state index contributed by atoms with van der Waals surface area (Å²) in [7, 11) is 0. The number of esters is 1. The Hall–Kier alpha value is -2.60. The van der Waals surface area contributed by atoms with E-state index in [1.807, 2.05) is 0 Å². The monoisotopic (exact) mass is 505 g/mol. The number of nitrogen functional groups attached to an aromatic ring is 1. The maximum atomic E-state index is 13.5. The van der Waals surface area contributed by atoms with E-state index in [1.54, 1.807) is 30.3 Å². The number of ketones is 2. The van der Waals surface area contributed by atoms with Crippen LogP contribution in [-0.4, -0.2) is 29.4 Å². The van der Waals surface area contributed by atoms with Gasteiger partial charge in [-0.3, -0.25) is 9.59 Å². The molecule has 4 atom stereocenters. The second-order valence-electron chi connectivity index (χ2n) is 10.8. The van der Waals surface area contributed by atoms with E-state index in [0.717, 1.165) is 49.7 Å². The van der Waals surface area contributed by atoms with Gasteiger partial charge in [0.15, 0.2) is 11.6 Å². The summed E-state index contributed by atoms with van der Waals surface area (Å²) in [5, 5.41) is 0. The van der Waals surface area contributed by atoms with Crippen LogP contribution in [0.15, 0.2) is 35.2 Å². The van der Waals surface area contributed by atoms with Gasteiger partial charge in [-0.2, -0.15) is 0 Å². The van der Waals surface area contributed by atoms with Gasteiger partial charge < -0.3 is 10.5 Å². The van der Waals surface area contributed by atoms with E-state index in [0.29, 0.717) is 27.5 Å². The third kappa shape index (κ3) is 4.60. The summed E-state index contributed by atoms with van der Waals surface area (Å²) in [5.41, 5.74) is 7.94. The fourth-order valence-electron chi connectivity index (χ4n) is 6.30. The zero-order valence-corrected chi connectivity index (χ0v) is 22.0. The highest BCUT2D eigenvalue weighted by Gasteiger charge is 2.38. The van der Waals surface area contributed by atoms with Gasteiger partial charge in [0.1, 0.15) is 6.10 Å². The number of rotatable bonds is 6. The number of carbonyl (C=O) groups excluding carboxylic acids is 3. The number of hydrogen-bond acceptors (Lipinski definition) is 6. The number of benzene rings is 2. The molecule has 0 saturated heterocycles. The Morgan fingerprint density at radius 2 is 1.67 bits per heavy atom. The zero-order chi connectivity index (χ0) is 25.4. The minimum Gasteiger partial charge on any atom is -0.459 e. The second-order valence-corrected chi connectivity index (χ2v) is 11.9. The lowest BCUT2D eigenvalue weighted by Gasteiger charge is -2.41. The van der Waals surface area contributed by atoms with Crippen molar-refractivity contribution in [1.29, 1.82) is 0 Å². The molecule has 0 aromatic heterocycles. The van der Waals surface area contributed by atoms with Crippen LogP contribution >= 0.6 is 11.8 Å². The number of nitrogens with two attached hydrogens (primary N) is 1. The van der Waals surface area contributed by atoms with E-state index in [1.165, 1.54) is 31.0 Å². The highest BCUT2D eigenvalue weighted by atomic mass is 32.2. The lowest BCUT2D eigenvalue weighted by Crippen LogP contribution is -2.35. The molecular formula is C30H35NO4S. The van der Waals surface area contributed by atoms with Crippen LogP contribution in [0.4, 0.5) is 5.69 Å². The Kier molecular flexibility index (Phi) is 7.25. The average Bonchev–Trinajstić information content (AvgIpc) is 2.88. The summed E-state index contributed by atoms with van der Waals surface area (Å²) in [4.78, 5) is 41.1. The van der Waals surface area contributed by atoms with Gasteiger partial charge in [-0.1, -0.05) is 51.0 Å². The predicted octanol–water partition coefficient (Wildman–Crippen LogP) is 6.70. The van der Waals surface area contributed by atoms with Crippen molar-refractivity contribution in [2.75, 3.05) is 11.5 Å². The van der Waals surface area contributed by atoms with Crippen molar-refractivity contribution < 1.29 is 19.1 Å². The number of fused-ring (bicyclic) bond motifs is 3. The molecule has 190 valence electrons. The van der Waals surface area contributed by atoms with Crippen molar-refractivity contribution in [2.45, 2.75) is 76.2 Å². The van der Waals surface area contributed by atoms with E-state index in [4.69, 9.17) is 10.5 Å². The van der Waals surface area contributed by atoms with E-state index < -0.39 is 5.97 Å². The molecule has 3 aliphatic rings. The van der Waals surface area contributed by atoms with Crippen LogP contribution in [0, 0.1) is 17.8 Å². The first-order valence-electron chi connectivity index (χ1n) is 13.4. The van der Waals surface area contributed by atoms with Gasteiger partial charge in [0, 0.05) is 21.6 Å². The zero-order valence-electron chi connectivity index (χ0n) is 21.2. The predicted molar refractivity (Wildman–Crippen MR) is 143 cm³/mol. The fourth-order valence-corrected chi connectivity index (χ4v) is 7.49. The minimum absolute atomic E-state index is 0.0582. The number of thioether (sulfide) groups is 1. The number of unbranched alkanes of at least 4 members (excludes halogenated alkanes) is 1. The van der Waals surface area contributed by atoms with Crippen molar-refractivity contribution in [3.63, 3.8) is 0 Å². The fraction of sp³-hybridized carbons (Fsp3) is 0.500. The Morgan fingerprint density at radius 1 is 1.00 bits per heavy atom. The van der Waals surface area contributed by atoms with Crippen LogP contribution in [-0.2, 0) is 4.74 Å². The first kappa shape index (κ1) is 25.1. The quantitative estimate of drug-likeness (QED) is 0.174. The maximum absolute atomic E-state index is 13.5. The largest absolute Gasteiger partial charge is 0.459 e. The molecule has 2 N–H and O–H groups in total. The van der Waals surface area contributed by atoms with Crippen LogP contribution < -0.4 is 5.73 Å². The molecule has 0 spiro atoms. The molecular weight excluding hydrogens is 470 g/mol. The molecule has 0 amide bonds. The second kappa shape index (κ2) is 10.4. The summed E-state index contributed by atoms with van der Waals surface area (Å²) in [6.45, 7) is 4.44. The minimum atomic E-state index is -0.487. The molecule has 0 bridgehead atoms. The van der Waals surface area contributed by atoms with Crippen molar-refractivity contribution in [2.24, 2.45) is 17.8 Å². The lowest BCUT2D eigenvalue weighted by atomic mass is 9.67. The molecule has 5 rings (SSSR count).